The van der Waals surface area contributed by atoms with Crippen molar-refractivity contribution in [2.45, 2.75) is 26.2 Å². The molecule has 0 aromatic heterocycles. The van der Waals surface area contributed by atoms with E-state index in [1.54, 1.807) is 4.90 Å². The van der Waals surface area contributed by atoms with E-state index in [0.29, 0.717) is 19.5 Å². The van der Waals surface area contributed by atoms with Gasteiger partial charge in [0, 0.05) is 26.1 Å². The average Bonchev–Trinajstić information content (AvgIpc) is 2.17. The molecule has 5 nitrogen and oxygen atoms in total. The SMILES string of the molecule is CCCC(=O)N(CCC(=O)O)CCN(C)C. The molecule has 0 aliphatic rings. The van der Waals surface area contributed by atoms with Gasteiger partial charge in [-0.1, -0.05) is 6.92 Å². The first kappa shape index (κ1) is 14.9. The molecule has 5 heteroatoms. The molecule has 0 aromatic carbocycles. The van der Waals surface area contributed by atoms with Crippen molar-refractivity contribution in [3.63, 3.8) is 0 Å². The van der Waals surface area contributed by atoms with Crippen molar-refractivity contribution >= 4 is 11.9 Å². The lowest BCUT2D eigenvalue weighted by atomic mass is 10.2. The summed E-state index contributed by atoms with van der Waals surface area (Å²) in [6.45, 7) is 3.61. The molecule has 0 aliphatic heterocycles. The first-order valence-corrected chi connectivity index (χ1v) is 5.61. The molecule has 94 valence electrons. The van der Waals surface area contributed by atoms with E-state index < -0.39 is 5.97 Å². The van der Waals surface area contributed by atoms with Crippen LogP contribution in [0.1, 0.15) is 26.2 Å². The van der Waals surface area contributed by atoms with Crippen molar-refractivity contribution in [2.24, 2.45) is 0 Å². The fourth-order valence-corrected chi connectivity index (χ4v) is 1.28. The van der Waals surface area contributed by atoms with Gasteiger partial charge in [-0.15, -0.1) is 0 Å². The van der Waals surface area contributed by atoms with Crippen molar-refractivity contribution in [1.29, 1.82) is 0 Å². The summed E-state index contributed by atoms with van der Waals surface area (Å²) in [4.78, 5) is 25.8. The van der Waals surface area contributed by atoms with E-state index in [1.165, 1.54) is 0 Å². The number of carbonyl (C=O) groups excluding carboxylic acids is 1. The number of rotatable bonds is 8. The largest absolute Gasteiger partial charge is 0.481 e. The highest BCUT2D eigenvalue weighted by Crippen LogP contribution is 2.00. The van der Waals surface area contributed by atoms with Gasteiger partial charge in [-0.25, -0.2) is 0 Å². The lowest BCUT2D eigenvalue weighted by Crippen LogP contribution is -2.37. The van der Waals surface area contributed by atoms with E-state index in [4.69, 9.17) is 5.11 Å². The van der Waals surface area contributed by atoms with Crippen LogP contribution >= 0.6 is 0 Å². The van der Waals surface area contributed by atoms with E-state index in [2.05, 4.69) is 0 Å². The highest BCUT2D eigenvalue weighted by molar-refractivity contribution is 5.77. The second-order valence-electron chi connectivity index (χ2n) is 4.08. The summed E-state index contributed by atoms with van der Waals surface area (Å²) in [5.74, 6) is -0.815. The molecule has 0 bridgehead atoms. The topological polar surface area (TPSA) is 60.9 Å². The van der Waals surface area contributed by atoms with Gasteiger partial charge in [0.15, 0.2) is 0 Å². The predicted octanol–water partition coefficient (Wildman–Crippen LogP) is 0.651. The molecule has 0 saturated heterocycles. The Morgan fingerprint density at radius 3 is 2.12 bits per heavy atom. The van der Waals surface area contributed by atoms with Crippen LogP contribution in [0.2, 0.25) is 0 Å². The number of carbonyl (C=O) groups is 2. The first-order chi connectivity index (χ1) is 7.47. The standard InChI is InChI=1S/C11H22N2O3/c1-4-5-10(14)13(7-6-11(15)16)9-8-12(2)3/h4-9H2,1-3H3,(H,15,16). The third-order valence-electron chi connectivity index (χ3n) is 2.23. The second-order valence-corrected chi connectivity index (χ2v) is 4.08. The van der Waals surface area contributed by atoms with Crippen LogP contribution in [0.3, 0.4) is 0 Å². The van der Waals surface area contributed by atoms with E-state index in [9.17, 15) is 9.59 Å². The Morgan fingerprint density at radius 1 is 1.06 bits per heavy atom. The third kappa shape index (κ3) is 7.23. The molecule has 0 aliphatic carbocycles. The van der Waals surface area contributed by atoms with Gasteiger partial charge in [-0.05, 0) is 20.5 Å². The summed E-state index contributed by atoms with van der Waals surface area (Å²) in [5, 5.41) is 8.60. The van der Waals surface area contributed by atoms with E-state index in [-0.39, 0.29) is 12.3 Å². The Kier molecular flexibility index (Phi) is 7.54. The van der Waals surface area contributed by atoms with Gasteiger partial charge in [0.1, 0.15) is 0 Å². The molecular weight excluding hydrogens is 208 g/mol. The lowest BCUT2D eigenvalue weighted by Gasteiger charge is -2.23. The monoisotopic (exact) mass is 230 g/mol. The van der Waals surface area contributed by atoms with Crippen LogP contribution in [-0.2, 0) is 9.59 Å². The minimum Gasteiger partial charge on any atom is -0.481 e. The molecule has 0 fully saturated rings. The van der Waals surface area contributed by atoms with Gasteiger partial charge in [0.25, 0.3) is 0 Å². The Labute approximate surface area is 97.0 Å². The van der Waals surface area contributed by atoms with E-state index >= 15 is 0 Å². The molecule has 0 atom stereocenters. The maximum absolute atomic E-state index is 11.7. The maximum atomic E-state index is 11.7. The number of hydrogen-bond donors (Lipinski definition) is 1. The summed E-state index contributed by atoms with van der Waals surface area (Å²) >= 11 is 0. The minimum absolute atomic E-state index is 0.0167. The van der Waals surface area contributed by atoms with Crippen LogP contribution in [0.15, 0.2) is 0 Å². The number of likely N-dealkylation sites (N-methyl/N-ethyl adjacent to an activating group) is 1. The Morgan fingerprint density at radius 2 is 1.69 bits per heavy atom. The molecule has 0 unspecified atom stereocenters. The van der Waals surface area contributed by atoms with Gasteiger partial charge in [-0.3, -0.25) is 9.59 Å². The van der Waals surface area contributed by atoms with Crippen molar-refractivity contribution in [2.75, 3.05) is 33.7 Å². The van der Waals surface area contributed by atoms with Crippen molar-refractivity contribution in [1.82, 2.24) is 9.80 Å². The third-order valence-corrected chi connectivity index (χ3v) is 2.23. The number of nitrogens with zero attached hydrogens (tertiary/aromatic N) is 2. The van der Waals surface area contributed by atoms with Crippen LogP contribution in [0.5, 0.6) is 0 Å². The van der Waals surface area contributed by atoms with Gasteiger partial charge in [0.05, 0.1) is 6.42 Å². The fraction of sp³-hybridized carbons (Fsp3) is 0.818. The molecule has 1 amide bonds. The molecule has 0 aromatic rings. The second kappa shape index (κ2) is 8.10. The number of aliphatic carboxylic acids is 1. The molecule has 0 rings (SSSR count). The first-order valence-electron chi connectivity index (χ1n) is 5.61. The van der Waals surface area contributed by atoms with E-state index in [1.807, 2.05) is 25.9 Å². The normalized spacial score (nSPS) is 10.5. The summed E-state index contributed by atoms with van der Waals surface area (Å²) in [7, 11) is 3.86. The van der Waals surface area contributed by atoms with Crippen molar-refractivity contribution in [3.05, 3.63) is 0 Å². The number of hydrogen-bond acceptors (Lipinski definition) is 3. The zero-order valence-corrected chi connectivity index (χ0v) is 10.4. The van der Waals surface area contributed by atoms with Gasteiger partial charge in [0.2, 0.25) is 5.91 Å². The highest BCUT2D eigenvalue weighted by atomic mass is 16.4. The van der Waals surface area contributed by atoms with Gasteiger partial charge < -0.3 is 14.9 Å². The van der Waals surface area contributed by atoms with Crippen LogP contribution in [0, 0.1) is 0 Å². The minimum atomic E-state index is -0.862. The van der Waals surface area contributed by atoms with Gasteiger partial charge >= 0.3 is 5.97 Å². The molecule has 16 heavy (non-hydrogen) atoms. The molecule has 1 N–H and O–H groups in total. The quantitative estimate of drug-likeness (QED) is 0.665. The Hall–Kier alpha value is -1.10. The highest BCUT2D eigenvalue weighted by Gasteiger charge is 2.13. The van der Waals surface area contributed by atoms with E-state index in [0.717, 1.165) is 13.0 Å². The summed E-state index contributed by atoms with van der Waals surface area (Å²) in [6.07, 6.45) is 1.31. The Balaban J connectivity index is 4.14. The van der Waals surface area contributed by atoms with Crippen LogP contribution in [0.4, 0.5) is 0 Å². The molecular formula is C11H22N2O3. The average molecular weight is 230 g/mol. The Bertz CT molecular complexity index is 229. The molecule has 0 spiro atoms. The van der Waals surface area contributed by atoms with Crippen molar-refractivity contribution in [3.8, 4) is 0 Å². The lowest BCUT2D eigenvalue weighted by molar-refractivity contribution is -0.138. The smallest absolute Gasteiger partial charge is 0.305 e. The molecule has 0 radical (unpaired) electrons. The number of amides is 1. The number of carboxylic acids is 1. The van der Waals surface area contributed by atoms with Crippen LogP contribution < -0.4 is 0 Å². The van der Waals surface area contributed by atoms with Crippen LogP contribution in [0.25, 0.3) is 0 Å². The summed E-state index contributed by atoms with van der Waals surface area (Å²) < 4.78 is 0. The zero-order valence-electron chi connectivity index (χ0n) is 10.4. The summed E-state index contributed by atoms with van der Waals surface area (Å²) in [5.41, 5.74) is 0. The molecule has 0 heterocycles. The fourth-order valence-electron chi connectivity index (χ4n) is 1.28. The van der Waals surface area contributed by atoms with Crippen molar-refractivity contribution < 1.29 is 14.7 Å². The number of carboxylic acid groups (broad SMARTS) is 1. The maximum Gasteiger partial charge on any atom is 0.305 e. The summed E-state index contributed by atoms with van der Waals surface area (Å²) in [6, 6.07) is 0. The predicted molar refractivity (Wildman–Crippen MR) is 62.3 cm³/mol. The zero-order chi connectivity index (χ0) is 12.6. The molecule has 0 saturated carbocycles. The van der Waals surface area contributed by atoms with Crippen LogP contribution in [-0.4, -0.2) is 60.5 Å². The van der Waals surface area contributed by atoms with Gasteiger partial charge in [-0.2, -0.15) is 0 Å².